The van der Waals surface area contributed by atoms with Crippen LogP contribution in [0.5, 0.6) is 5.75 Å². The Kier molecular flexibility index (Phi) is 6.97. The van der Waals surface area contributed by atoms with Gasteiger partial charge in [-0.25, -0.2) is 4.79 Å². The van der Waals surface area contributed by atoms with Gasteiger partial charge in [-0.3, -0.25) is 28.8 Å². The fourth-order valence-electron chi connectivity index (χ4n) is 3.85. The number of nitrogen functional groups attached to an aromatic ring is 1. The van der Waals surface area contributed by atoms with Gasteiger partial charge in [0.2, 0.25) is 5.91 Å². The monoisotopic (exact) mass is 479 g/mol. The number of anilines is 3. The molecule has 2 amide bonds. The predicted molar refractivity (Wildman–Crippen MR) is 130 cm³/mol. The van der Waals surface area contributed by atoms with Crippen LogP contribution in [0.2, 0.25) is 0 Å². The van der Waals surface area contributed by atoms with Crippen LogP contribution >= 0.6 is 0 Å². The number of carbonyl (C=O) groups excluding carboxylic acids is 2. The minimum Gasteiger partial charge on any atom is -0.482 e. The van der Waals surface area contributed by atoms with E-state index in [1.165, 1.54) is 16.6 Å². The Labute approximate surface area is 200 Å². The van der Waals surface area contributed by atoms with Gasteiger partial charge in [-0.05, 0) is 17.7 Å². The zero-order valence-corrected chi connectivity index (χ0v) is 19.1. The van der Waals surface area contributed by atoms with Crippen LogP contribution in [0.15, 0.2) is 64.2 Å². The summed E-state index contributed by atoms with van der Waals surface area (Å²) in [6.07, 6.45) is 0. The Hall–Kier alpha value is -4.38. The number of ether oxygens (including phenoxy) is 2. The predicted octanol–water partition coefficient (Wildman–Crippen LogP) is 0.572. The summed E-state index contributed by atoms with van der Waals surface area (Å²) in [6.45, 7) is -0.411. The number of aromatic amines is 1. The number of benzene rings is 2. The van der Waals surface area contributed by atoms with Crippen LogP contribution in [0.3, 0.4) is 0 Å². The maximum atomic E-state index is 13.5. The summed E-state index contributed by atoms with van der Waals surface area (Å²) in [5, 5.41) is 0. The molecule has 1 aromatic heterocycles. The number of methoxy groups -OCH3 is 1. The van der Waals surface area contributed by atoms with E-state index in [1.54, 1.807) is 24.3 Å². The Morgan fingerprint density at radius 1 is 1.11 bits per heavy atom. The Morgan fingerprint density at radius 2 is 1.83 bits per heavy atom. The van der Waals surface area contributed by atoms with Gasteiger partial charge in [0.15, 0.2) is 12.3 Å². The summed E-state index contributed by atoms with van der Waals surface area (Å²) in [6, 6.07) is 15.9. The second-order valence-electron chi connectivity index (χ2n) is 7.84. The number of nitrogens with one attached hydrogen (secondary N) is 1. The average molecular weight is 479 g/mol. The minimum atomic E-state index is -0.810. The van der Waals surface area contributed by atoms with E-state index in [4.69, 9.17) is 15.2 Å². The first-order valence-corrected chi connectivity index (χ1v) is 10.9. The molecule has 3 aromatic rings. The summed E-state index contributed by atoms with van der Waals surface area (Å²) in [5.74, 6) is -0.674. The second-order valence-corrected chi connectivity index (χ2v) is 7.84. The van der Waals surface area contributed by atoms with Crippen molar-refractivity contribution in [3.05, 3.63) is 81.0 Å². The molecule has 0 spiro atoms. The van der Waals surface area contributed by atoms with Crippen molar-refractivity contribution in [1.82, 2.24) is 9.55 Å². The molecule has 0 aliphatic carbocycles. The average Bonchev–Trinajstić information content (AvgIpc) is 2.86. The van der Waals surface area contributed by atoms with Crippen molar-refractivity contribution in [3.63, 3.8) is 0 Å². The van der Waals surface area contributed by atoms with Crippen LogP contribution in [0.4, 0.5) is 17.2 Å². The highest BCUT2D eigenvalue weighted by Gasteiger charge is 2.31. The van der Waals surface area contributed by atoms with Crippen LogP contribution in [0.1, 0.15) is 5.56 Å². The van der Waals surface area contributed by atoms with E-state index in [0.29, 0.717) is 11.4 Å². The van der Waals surface area contributed by atoms with Crippen molar-refractivity contribution in [3.8, 4) is 5.75 Å². The highest BCUT2D eigenvalue weighted by molar-refractivity contribution is 6.06. The van der Waals surface area contributed by atoms with Gasteiger partial charge in [-0.1, -0.05) is 42.5 Å². The van der Waals surface area contributed by atoms with Crippen molar-refractivity contribution in [2.24, 2.45) is 0 Å². The molecular formula is C24H25N5O6. The van der Waals surface area contributed by atoms with Crippen LogP contribution in [-0.2, 0) is 20.9 Å². The highest BCUT2D eigenvalue weighted by atomic mass is 16.5. The van der Waals surface area contributed by atoms with Gasteiger partial charge in [0.1, 0.15) is 18.1 Å². The molecule has 0 atom stereocenters. The minimum absolute atomic E-state index is 0.0215. The summed E-state index contributed by atoms with van der Waals surface area (Å²) in [4.78, 5) is 56.1. The molecule has 2 heterocycles. The fraction of sp³-hybridized carbons (Fsp3) is 0.250. The second kappa shape index (κ2) is 10.3. The van der Waals surface area contributed by atoms with Crippen molar-refractivity contribution < 1.29 is 19.1 Å². The van der Waals surface area contributed by atoms with Gasteiger partial charge in [0.25, 0.3) is 11.5 Å². The highest BCUT2D eigenvalue weighted by Crippen LogP contribution is 2.31. The molecule has 2 aromatic carbocycles. The molecule has 4 rings (SSSR count). The molecule has 182 valence electrons. The van der Waals surface area contributed by atoms with E-state index in [-0.39, 0.29) is 44.4 Å². The van der Waals surface area contributed by atoms with Gasteiger partial charge in [-0.2, -0.15) is 0 Å². The third kappa shape index (κ3) is 4.94. The first-order chi connectivity index (χ1) is 16.9. The molecule has 35 heavy (non-hydrogen) atoms. The lowest BCUT2D eigenvalue weighted by atomic mass is 10.2. The third-order valence-electron chi connectivity index (χ3n) is 5.59. The molecule has 1 aliphatic heterocycles. The molecular weight excluding hydrogens is 454 g/mol. The largest absolute Gasteiger partial charge is 0.482 e. The van der Waals surface area contributed by atoms with Crippen molar-refractivity contribution in [1.29, 1.82) is 0 Å². The van der Waals surface area contributed by atoms with E-state index < -0.39 is 23.1 Å². The zero-order chi connectivity index (χ0) is 24.9. The van der Waals surface area contributed by atoms with E-state index in [0.717, 1.165) is 10.5 Å². The Bertz CT molecular complexity index is 1350. The SMILES string of the molecule is COCCN(C(=O)CN1C(=O)COc2ccccc21)c1c(N)n(Cc2ccccc2)c(=O)[nH]c1=O. The van der Waals surface area contributed by atoms with Gasteiger partial charge in [-0.15, -0.1) is 0 Å². The molecule has 1 aliphatic rings. The van der Waals surface area contributed by atoms with Crippen LogP contribution in [-0.4, -0.2) is 54.8 Å². The van der Waals surface area contributed by atoms with Gasteiger partial charge in [0, 0.05) is 13.7 Å². The quantitative estimate of drug-likeness (QED) is 0.481. The van der Waals surface area contributed by atoms with Crippen molar-refractivity contribution in [2.75, 3.05) is 48.9 Å². The Morgan fingerprint density at radius 3 is 2.57 bits per heavy atom. The van der Waals surface area contributed by atoms with E-state index in [9.17, 15) is 19.2 Å². The van der Waals surface area contributed by atoms with E-state index in [1.807, 2.05) is 30.3 Å². The maximum absolute atomic E-state index is 13.5. The topological polar surface area (TPSA) is 140 Å². The number of nitrogens with two attached hydrogens (primary N) is 1. The van der Waals surface area contributed by atoms with Gasteiger partial charge in [0.05, 0.1) is 18.8 Å². The summed E-state index contributed by atoms with van der Waals surface area (Å²) in [7, 11) is 1.45. The molecule has 0 bridgehead atoms. The van der Waals surface area contributed by atoms with Gasteiger partial charge < -0.3 is 20.1 Å². The lowest BCUT2D eigenvalue weighted by Gasteiger charge is -2.31. The first kappa shape index (κ1) is 23.8. The number of amides is 2. The zero-order valence-electron chi connectivity index (χ0n) is 19.1. The lowest BCUT2D eigenvalue weighted by molar-refractivity contribution is -0.124. The molecule has 0 saturated carbocycles. The number of rotatable bonds is 8. The number of hydrogen-bond acceptors (Lipinski definition) is 7. The third-order valence-corrected chi connectivity index (χ3v) is 5.59. The van der Waals surface area contributed by atoms with Crippen LogP contribution in [0.25, 0.3) is 0 Å². The lowest BCUT2D eigenvalue weighted by Crippen LogP contribution is -2.49. The standard InChI is InChI=1S/C24H25N5O6/c1-34-12-11-27(19(30)14-28-17-9-5-6-10-18(17)35-15-20(28)31)21-22(25)29(24(33)26-23(21)32)13-16-7-3-2-4-8-16/h2-10H,11-15,25H2,1H3,(H,26,32,33). The number of H-pyrrole nitrogens is 1. The molecule has 3 N–H and O–H groups in total. The number of fused-ring (bicyclic) bond motifs is 1. The van der Waals surface area contributed by atoms with Crippen LogP contribution in [0, 0.1) is 0 Å². The summed E-state index contributed by atoms with van der Waals surface area (Å²) < 4.78 is 11.7. The fourth-order valence-corrected chi connectivity index (χ4v) is 3.85. The molecule has 0 saturated heterocycles. The number of nitrogens with zero attached hydrogens (tertiary/aromatic N) is 3. The maximum Gasteiger partial charge on any atom is 0.330 e. The van der Waals surface area contributed by atoms with Crippen LogP contribution < -0.4 is 31.5 Å². The molecule has 11 nitrogen and oxygen atoms in total. The molecule has 0 radical (unpaired) electrons. The molecule has 0 unspecified atom stereocenters. The normalized spacial score (nSPS) is 12.7. The van der Waals surface area contributed by atoms with Gasteiger partial charge >= 0.3 is 5.69 Å². The van der Waals surface area contributed by atoms with Crippen molar-refractivity contribution >= 4 is 29.0 Å². The molecule has 0 fully saturated rings. The number of aromatic nitrogens is 2. The smallest absolute Gasteiger partial charge is 0.330 e. The number of carbonyl (C=O) groups is 2. The number of para-hydroxylation sites is 2. The summed E-state index contributed by atoms with van der Waals surface area (Å²) in [5.41, 5.74) is 5.82. The first-order valence-electron chi connectivity index (χ1n) is 10.9. The number of hydrogen-bond donors (Lipinski definition) is 2. The van der Waals surface area contributed by atoms with E-state index in [2.05, 4.69) is 4.98 Å². The van der Waals surface area contributed by atoms with E-state index >= 15 is 0 Å². The van der Waals surface area contributed by atoms with Crippen molar-refractivity contribution in [2.45, 2.75) is 6.54 Å². The Balaban J connectivity index is 1.71. The molecule has 11 heteroatoms. The summed E-state index contributed by atoms with van der Waals surface area (Å²) >= 11 is 0.